The van der Waals surface area contributed by atoms with E-state index in [1.807, 2.05) is 19.1 Å². The van der Waals surface area contributed by atoms with Crippen LogP contribution in [0.15, 0.2) is 42.5 Å². The molecule has 0 atom stereocenters. The highest BCUT2D eigenvalue weighted by molar-refractivity contribution is 6.05. The number of carbonyl (C=O) groups is 1. The predicted molar refractivity (Wildman–Crippen MR) is 125 cm³/mol. The second kappa shape index (κ2) is 11.4. The number of nitrogens with one attached hydrogen (secondary N) is 1. The number of aromatic nitrogens is 2. The summed E-state index contributed by atoms with van der Waals surface area (Å²) in [4.78, 5) is 12.9. The van der Waals surface area contributed by atoms with E-state index in [2.05, 4.69) is 10.4 Å². The summed E-state index contributed by atoms with van der Waals surface area (Å²) in [6.45, 7) is 2.26. The maximum absolute atomic E-state index is 13.0. The lowest BCUT2D eigenvalue weighted by Gasteiger charge is -2.15. The molecule has 1 amide bonds. The molecule has 3 aromatic rings. The summed E-state index contributed by atoms with van der Waals surface area (Å²) in [5.41, 5.74) is 3.44. The van der Waals surface area contributed by atoms with E-state index in [-0.39, 0.29) is 12.2 Å². The monoisotopic (exact) mass is 509 g/mol. The second-order valence-electron chi connectivity index (χ2n) is 8.10. The van der Waals surface area contributed by atoms with Crippen molar-refractivity contribution in [2.24, 2.45) is 0 Å². The number of ether oxygens (including phenoxy) is 3. The molecule has 0 aliphatic carbocycles. The summed E-state index contributed by atoms with van der Waals surface area (Å²) < 4.78 is 67.7. The summed E-state index contributed by atoms with van der Waals surface area (Å²) in [6, 6.07) is 11.6. The number of hydrogen-bond donors (Lipinski definition) is 1. The lowest BCUT2D eigenvalue weighted by molar-refractivity contribution is -0.168. The fourth-order valence-corrected chi connectivity index (χ4v) is 3.54. The van der Waals surface area contributed by atoms with Gasteiger partial charge in [0, 0.05) is 5.56 Å². The van der Waals surface area contributed by atoms with Gasteiger partial charge in [0.25, 0.3) is 5.91 Å². The topological polar surface area (TPSA) is 74.6 Å². The standard InChI is InChI=1S/C25H27F4N3O4/c1-15-22(16(2)32(31-15)12-17-8-9-20(34-3)21(11-17)35-4)30-23(33)19-7-5-6-18(10-19)13-36-14-25(28,29)24(26)27/h5-11,24H,12-14H2,1-4H3,(H,30,33). The highest BCUT2D eigenvalue weighted by Crippen LogP contribution is 2.29. The van der Waals surface area contributed by atoms with Crippen LogP contribution >= 0.6 is 0 Å². The Morgan fingerprint density at radius 2 is 1.78 bits per heavy atom. The third kappa shape index (κ3) is 6.34. The van der Waals surface area contributed by atoms with Crippen molar-refractivity contribution >= 4 is 11.6 Å². The first-order valence-corrected chi connectivity index (χ1v) is 10.9. The summed E-state index contributed by atoms with van der Waals surface area (Å²) in [5.74, 6) is -3.47. The molecule has 2 aromatic carbocycles. The van der Waals surface area contributed by atoms with E-state index in [0.717, 1.165) is 11.3 Å². The van der Waals surface area contributed by atoms with Crippen molar-refractivity contribution in [2.75, 3.05) is 26.1 Å². The number of benzene rings is 2. The van der Waals surface area contributed by atoms with Crippen LogP contribution in [-0.4, -0.2) is 48.9 Å². The van der Waals surface area contributed by atoms with Gasteiger partial charge in [0.15, 0.2) is 11.5 Å². The Bertz CT molecular complexity index is 1210. The molecule has 3 rings (SSSR count). The molecule has 1 heterocycles. The van der Waals surface area contributed by atoms with Crippen LogP contribution in [0.5, 0.6) is 11.5 Å². The van der Waals surface area contributed by atoms with Crippen LogP contribution in [0.4, 0.5) is 23.2 Å². The van der Waals surface area contributed by atoms with E-state index in [4.69, 9.17) is 14.2 Å². The molecule has 1 aromatic heterocycles. The third-order valence-electron chi connectivity index (χ3n) is 5.47. The van der Waals surface area contributed by atoms with Crippen molar-refractivity contribution in [1.82, 2.24) is 9.78 Å². The van der Waals surface area contributed by atoms with E-state index in [1.165, 1.54) is 6.07 Å². The minimum atomic E-state index is -4.23. The Balaban J connectivity index is 1.70. The minimum Gasteiger partial charge on any atom is -0.493 e. The van der Waals surface area contributed by atoms with E-state index in [1.54, 1.807) is 50.1 Å². The van der Waals surface area contributed by atoms with Crippen LogP contribution in [0.3, 0.4) is 0 Å². The minimum absolute atomic E-state index is 0.253. The maximum atomic E-state index is 13.0. The molecule has 36 heavy (non-hydrogen) atoms. The van der Waals surface area contributed by atoms with Crippen LogP contribution in [0, 0.1) is 13.8 Å². The molecule has 0 spiro atoms. The second-order valence-corrected chi connectivity index (χ2v) is 8.10. The van der Waals surface area contributed by atoms with Gasteiger partial charge in [0.05, 0.1) is 44.4 Å². The Labute approximate surface area is 206 Å². The van der Waals surface area contributed by atoms with Crippen molar-refractivity contribution in [3.8, 4) is 11.5 Å². The van der Waals surface area contributed by atoms with Crippen LogP contribution < -0.4 is 14.8 Å². The molecule has 0 bridgehead atoms. The summed E-state index contributed by atoms with van der Waals surface area (Å²) >= 11 is 0. The number of amides is 1. The zero-order valence-corrected chi connectivity index (χ0v) is 20.3. The number of carbonyl (C=O) groups excluding carboxylic acids is 1. The summed E-state index contributed by atoms with van der Waals surface area (Å²) in [5, 5.41) is 7.36. The number of halogens is 4. The maximum Gasteiger partial charge on any atom is 0.330 e. The Morgan fingerprint density at radius 3 is 2.44 bits per heavy atom. The van der Waals surface area contributed by atoms with Gasteiger partial charge in [-0.1, -0.05) is 18.2 Å². The zero-order chi connectivity index (χ0) is 26.5. The normalized spacial score (nSPS) is 11.6. The molecule has 1 N–H and O–H groups in total. The molecule has 0 aliphatic rings. The number of alkyl halides is 4. The predicted octanol–water partition coefficient (Wildman–Crippen LogP) is 5.23. The fraction of sp³-hybridized carbons (Fsp3) is 0.360. The molecule has 0 saturated carbocycles. The molecule has 7 nitrogen and oxygen atoms in total. The number of nitrogens with zero attached hydrogens (tertiary/aromatic N) is 2. The van der Waals surface area contributed by atoms with Gasteiger partial charge in [-0.3, -0.25) is 9.48 Å². The van der Waals surface area contributed by atoms with Crippen molar-refractivity contribution in [3.05, 3.63) is 70.5 Å². The van der Waals surface area contributed by atoms with E-state index in [0.29, 0.717) is 35.0 Å². The molecule has 11 heteroatoms. The Kier molecular flexibility index (Phi) is 8.57. The lowest BCUT2D eigenvalue weighted by Crippen LogP contribution is -2.32. The van der Waals surface area contributed by atoms with Gasteiger partial charge in [0.1, 0.15) is 6.61 Å². The molecular weight excluding hydrogens is 482 g/mol. The van der Waals surface area contributed by atoms with E-state index < -0.39 is 24.9 Å². The van der Waals surface area contributed by atoms with E-state index >= 15 is 0 Å². The highest BCUT2D eigenvalue weighted by Gasteiger charge is 2.40. The van der Waals surface area contributed by atoms with Gasteiger partial charge in [0.2, 0.25) is 0 Å². The largest absolute Gasteiger partial charge is 0.493 e. The SMILES string of the molecule is COc1ccc(Cn2nc(C)c(NC(=O)c3cccc(COCC(F)(F)C(F)F)c3)c2C)cc1OC. The van der Waals surface area contributed by atoms with Gasteiger partial charge >= 0.3 is 12.3 Å². The zero-order valence-electron chi connectivity index (χ0n) is 20.3. The van der Waals surface area contributed by atoms with E-state index in [9.17, 15) is 22.4 Å². The Hall–Kier alpha value is -3.60. The summed E-state index contributed by atoms with van der Waals surface area (Å²) in [6.07, 6.45) is -3.81. The van der Waals surface area contributed by atoms with Gasteiger partial charge in [-0.15, -0.1) is 0 Å². The molecule has 0 saturated heterocycles. The van der Waals surface area contributed by atoms with Crippen molar-refractivity contribution in [1.29, 1.82) is 0 Å². The average Bonchev–Trinajstić information content (AvgIpc) is 3.11. The molecule has 0 unspecified atom stereocenters. The first kappa shape index (κ1) is 27.0. The van der Waals surface area contributed by atoms with Crippen molar-refractivity contribution in [2.45, 2.75) is 39.3 Å². The van der Waals surface area contributed by atoms with Gasteiger partial charge in [-0.25, -0.2) is 8.78 Å². The van der Waals surface area contributed by atoms with Crippen LogP contribution in [0.1, 0.15) is 32.9 Å². The molecule has 0 aliphatic heterocycles. The quantitative estimate of drug-likeness (QED) is 0.358. The first-order valence-electron chi connectivity index (χ1n) is 10.9. The smallest absolute Gasteiger partial charge is 0.330 e. The Morgan fingerprint density at radius 1 is 1.06 bits per heavy atom. The van der Waals surface area contributed by atoms with Gasteiger partial charge in [-0.2, -0.15) is 13.9 Å². The third-order valence-corrected chi connectivity index (χ3v) is 5.47. The van der Waals surface area contributed by atoms with Crippen molar-refractivity contribution < 1.29 is 36.6 Å². The lowest BCUT2D eigenvalue weighted by atomic mass is 10.1. The molecular formula is C25H27F4N3O4. The average molecular weight is 510 g/mol. The van der Waals surface area contributed by atoms with Crippen LogP contribution in [0.2, 0.25) is 0 Å². The molecule has 0 fully saturated rings. The number of hydrogen-bond acceptors (Lipinski definition) is 5. The van der Waals surface area contributed by atoms with Crippen LogP contribution in [-0.2, 0) is 17.9 Å². The van der Waals surface area contributed by atoms with Gasteiger partial charge in [-0.05, 0) is 49.2 Å². The molecule has 194 valence electrons. The van der Waals surface area contributed by atoms with Crippen molar-refractivity contribution in [3.63, 3.8) is 0 Å². The molecule has 0 radical (unpaired) electrons. The fourth-order valence-electron chi connectivity index (χ4n) is 3.54. The number of anilines is 1. The first-order chi connectivity index (χ1) is 17.1. The summed E-state index contributed by atoms with van der Waals surface area (Å²) in [7, 11) is 3.11. The van der Waals surface area contributed by atoms with Crippen LogP contribution in [0.25, 0.3) is 0 Å². The number of rotatable bonds is 11. The number of aryl methyl sites for hydroxylation is 1. The van der Waals surface area contributed by atoms with Gasteiger partial charge < -0.3 is 19.5 Å². The highest BCUT2D eigenvalue weighted by atomic mass is 19.3. The number of methoxy groups -OCH3 is 2.